The van der Waals surface area contributed by atoms with Gasteiger partial charge >= 0.3 is 0 Å². The van der Waals surface area contributed by atoms with Gasteiger partial charge in [-0.25, -0.2) is 0 Å². The van der Waals surface area contributed by atoms with E-state index in [0.717, 1.165) is 16.4 Å². The lowest BCUT2D eigenvalue weighted by Crippen LogP contribution is -2.48. The highest BCUT2D eigenvalue weighted by molar-refractivity contribution is 5.17. The Labute approximate surface area is 82.0 Å². The molecule has 2 aliphatic carbocycles. The van der Waals surface area contributed by atoms with Crippen LogP contribution in [0, 0.1) is 5.92 Å². The van der Waals surface area contributed by atoms with Gasteiger partial charge in [-0.15, -0.1) is 0 Å². The van der Waals surface area contributed by atoms with Crippen LogP contribution in [-0.4, -0.2) is 31.7 Å². The van der Waals surface area contributed by atoms with Gasteiger partial charge in [0.05, 0.1) is 27.2 Å². The minimum Gasteiger partial charge on any atom is -0.328 e. The van der Waals surface area contributed by atoms with Gasteiger partial charge in [0.2, 0.25) is 0 Å². The predicted octanol–water partition coefficient (Wildman–Crippen LogP) is 2.58. The third kappa shape index (κ3) is 1.67. The number of nitrogens with zero attached hydrogens (tertiary/aromatic N) is 1. The highest BCUT2D eigenvalue weighted by Gasteiger charge is 2.38. The molecule has 0 N–H and O–H groups in total. The zero-order chi connectivity index (χ0) is 9.47. The van der Waals surface area contributed by atoms with E-state index in [1.807, 2.05) is 0 Å². The van der Waals surface area contributed by atoms with E-state index in [-0.39, 0.29) is 0 Å². The van der Waals surface area contributed by atoms with Crippen molar-refractivity contribution in [3.05, 3.63) is 11.6 Å². The van der Waals surface area contributed by atoms with Crippen molar-refractivity contribution in [1.29, 1.82) is 0 Å². The van der Waals surface area contributed by atoms with Gasteiger partial charge in [-0.1, -0.05) is 18.1 Å². The van der Waals surface area contributed by atoms with E-state index in [1.54, 1.807) is 5.57 Å². The molecule has 0 unspecified atom stereocenters. The van der Waals surface area contributed by atoms with Crippen molar-refractivity contribution in [3.8, 4) is 0 Å². The molecule has 1 fully saturated rings. The first-order valence-corrected chi connectivity index (χ1v) is 5.59. The molecule has 0 amide bonds. The van der Waals surface area contributed by atoms with Crippen molar-refractivity contribution in [3.63, 3.8) is 0 Å². The maximum absolute atomic E-state index is 2.53. The number of hydrogen-bond acceptors (Lipinski definition) is 0. The summed E-state index contributed by atoms with van der Waals surface area (Å²) in [6.45, 7) is 0. The fourth-order valence-corrected chi connectivity index (χ4v) is 3.05. The zero-order valence-corrected chi connectivity index (χ0v) is 9.21. The fraction of sp³-hybridized carbons (Fsp3) is 0.833. The summed E-state index contributed by atoms with van der Waals surface area (Å²) < 4.78 is 1.14. The lowest BCUT2D eigenvalue weighted by molar-refractivity contribution is -0.898. The van der Waals surface area contributed by atoms with Crippen molar-refractivity contribution in [1.82, 2.24) is 0 Å². The number of fused-ring (bicyclic) bond motifs is 1. The summed E-state index contributed by atoms with van der Waals surface area (Å²) in [7, 11) is 7.03. The summed E-state index contributed by atoms with van der Waals surface area (Å²) >= 11 is 0. The summed E-state index contributed by atoms with van der Waals surface area (Å²) in [6.07, 6.45) is 9.58. The predicted molar refractivity (Wildman–Crippen MR) is 56.5 cm³/mol. The van der Waals surface area contributed by atoms with Crippen LogP contribution < -0.4 is 0 Å². The van der Waals surface area contributed by atoms with Crippen molar-refractivity contribution in [2.24, 2.45) is 5.92 Å². The molecule has 0 bridgehead atoms. The molecule has 1 nitrogen and oxygen atoms in total. The van der Waals surface area contributed by atoms with E-state index in [2.05, 4.69) is 27.2 Å². The Balaban J connectivity index is 2.11. The Bertz CT molecular complexity index is 222. The molecule has 1 heteroatoms. The van der Waals surface area contributed by atoms with Gasteiger partial charge in [-0.3, -0.25) is 0 Å². The largest absolute Gasteiger partial charge is 0.328 e. The first kappa shape index (κ1) is 9.26. The first-order chi connectivity index (χ1) is 6.09. The van der Waals surface area contributed by atoms with Crippen LogP contribution in [0.5, 0.6) is 0 Å². The molecule has 0 heterocycles. The number of hydrogen-bond donors (Lipinski definition) is 0. The van der Waals surface area contributed by atoms with Crippen LogP contribution in [0.3, 0.4) is 0 Å². The van der Waals surface area contributed by atoms with E-state index < -0.39 is 0 Å². The van der Waals surface area contributed by atoms with Crippen molar-refractivity contribution < 1.29 is 4.48 Å². The smallest absolute Gasteiger partial charge is 0.0985 e. The molecule has 0 aromatic rings. The second-order valence-corrected chi connectivity index (χ2v) is 5.55. The van der Waals surface area contributed by atoms with Gasteiger partial charge < -0.3 is 4.48 Å². The van der Waals surface area contributed by atoms with Crippen LogP contribution in [-0.2, 0) is 0 Å². The van der Waals surface area contributed by atoms with Crippen molar-refractivity contribution in [2.45, 2.75) is 38.1 Å². The van der Waals surface area contributed by atoms with E-state index >= 15 is 0 Å². The zero-order valence-electron chi connectivity index (χ0n) is 9.21. The molecule has 0 radical (unpaired) electrons. The summed E-state index contributed by atoms with van der Waals surface area (Å²) in [5.41, 5.74) is 1.78. The molecule has 0 spiro atoms. The maximum Gasteiger partial charge on any atom is 0.0985 e. The number of quaternary nitrogens is 1. The van der Waals surface area contributed by atoms with E-state index in [9.17, 15) is 0 Å². The second-order valence-electron chi connectivity index (χ2n) is 5.55. The Morgan fingerprint density at radius 2 is 2.00 bits per heavy atom. The van der Waals surface area contributed by atoms with E-state index in [0.29, 0.717) is 0 Å². The highest BCUT2D eigenvalue weighted by Crippen LogP contribution is 2.40. The van der Waals surface area contributed by atoms with Crippen LogP contribution >= 0.6 is 0 Å². The number of rotatable bonds is 1. The van der Waals surface area contributed by atoms with Crippen molar-refractivity contribution >= 4 is 0 Å². The minimum absolute atomic E-state index is 0.871. The van der Waals surface area contributed by atoms with E-state index in [1.165, 1.54) is 32.1 Å². The average molecular weight is 180 g/mol. The van der Waals surface area contributed by atoms with Crippen LogP contribution in [0.4, 0.5) is 0 Å². The summed E-state index contributed by atoms with van der Waals surface area (Å²) in [6, 6.07) is 0.871. The monoisotopic (exact) mass is 180 g/mol. The standard InChI is InChI=1S/C12H22N/c1-13(2,3)12-9-8-10-6-4-5-7-11(10)12/h8,11-12H,4-7,9H2,1-3H3/q+1/t11-,12-/m0/s1. The van der Waals surface area contributed by atoms with Gasteiger partial charge in [-0.05, 0) is 19.3 Å². The van der Waals surface area contributed by atoms with Gasteiger partial charge in [0, 0.05) is 12.3 Å². The molecule has 0 aromatic heterocycles. The normalized spacial score (nSPS) is 34.2. The molecule has 0 saturated heterocycles. The molecule has 2 rings (SSSR count). The molecular formula is C12H22N+. The lowest BCUT2D eigenvalue weighted by atomic mass is 9.83. The average Bonchev–Trinajstić information content (AvgIpc) is 2.45. The van der Waals surface area contributed by atoms with Gasteiger partial charge in [0.1, 0.15) is 0 Å². The Hall–Kier alpha value is -0.300. The molecular weight excluding hydrogens is 158 g/mol. The van der Waals surface area contributed by atoms with Gasteiger partial charge in [0.15, 0.2) is 0 Å². The summed E-state index contributed by atoms with van der Waals surface area (Å²) in [5.74, 6) is 0.925. The van der Waals surface area contributed by atoms with Crippen molar-refractivity contribution in [2.75, 3.05) is 21.1 Å². The highest BCUT2D eigenvalue weighted by atomic mass is 15.3. The van der Waals surface area contributed by atoms with Crippen LogP contribution in [0.1, 0.15) is 32.1 Å². The molecule has 2 aliphatic rings. The Kier molecular flexibility index (Phi) is 2.23. The molecule has 74 valence electrons. The third-order valence-electron chi connectivity index (χ3n) is 3.79. The topological polar surface area (TPSA) is 0 Å². The van der Waals surface area contributed by atoms with E-state index in [4.69, 9.17) is 0 Å². The fourth-order valence-electron chi connectivity index (χ4n) is 3.05. The van der Waals surface area contributed by atoms with Crippen LogP contribution in [0.25, 0.3) is 0 Å². The first-order valence-electron chi connectivity index (χ1n) is 5.59. The summed E-state index contributed by atoms with van der Waals surface area (Å²) in [5, 5.41) is 0. The molecule has 0 aromatic carbocycles. The maximum atomic E-state index is 2.53. The van der Waals surface area contributed by atoms with Gasteiger partial charge in [-0.2, -0.15) is 0 Å². The van der Waals surface area contributed by atoms with Gasteiger partial charge in [0.25, 0.3) is 0 Å². The molecule has 2 atom stereocenters. The Morgan fingerprint density at radius 1 is 1.23 bits per heavy atom. The minimum atomic E-state index is 0.871. The molecule has 1 saturated carbocycles. The van der Waals surface area contributed by atoms with Crippen LogP contribution in [0.15, 0.2) is 11.6 Å². The summed E-state index contributed by atoms with van der Waals surface area (Å²) in [4.78, 5) is 0. The third-order valence-corrected chi connectivity index (χ3v) is 3.79. The molecule has 13 heavy (non-hydrogen) atoms. The Morgan fingerprint density at radius 3 is 2.69 bits per heavy atom. The quantitative estimate of drug-likeness (QED) is 0.430. The van der Waals surface area contributed by atoms with Crippen LogP contribution in [0.2, 0.25) is 0 Å². The molecule has 0 aliphatic heterocycles. The second kappa shape index (κ2) is 3.13. The lowest BCUT2D eigenvalue weighted by Gasteiger charge is -2.38. The SMILES string of the molecule is C[N+](C)(C)[C@H]1CC=C2CCCC[C@@H]21.